The summed E-state index contributed by atoms with van der Waals surface area (Å²) in [5.41, 5.74) is 7.98. The number of carbonyl (C=O) groups excluding carboxylic acids is 1. The van der Waals surface area contributed by atoms with Crippen LogP contribution in [-0.4, -0.2) is 40.1 Å². The van der Waals surface area contributed by atoms with E-state index in [1.807, 2.05) is 0 Å². The fourth-order valence-corrected chi connectivity index (χ4v) is 1.40. The van der Waals surface area contributed by atoms with Crippen LogP contribution >= 0.6 is 0 Å². The summed E-state index contributed by atoms with van der Waals surface area (Å²) in [4.78, 5) is 22.0. The molecule has 0 aliphatic heterocycles. The lowest BCUT2D eigenvalue weighted by Gasteiger charge is -2.03. The van der Waals surface area contributed by atoms with Gasteiger partial charge in [0.1, 0.15) is 5.75 Å². The number of nitrogen functional groups attached to an aromatic ring is 1. The van der Waals surface area contributed by atoms with Crippen molar-refractivity contribution in [2.24, 2.45) is 5.10 Å². The first-order chi connectivity index (χ1) is 10.6. The third-order valence-corrected chi connectivity index (χ3v) is 2.33. The molecule has 0 atom stereocenters. The highest BCUT2D eigenvalue weighted by Gasteiger charge is 2.14. The molecule has 1 amide bonds. The fourth-order valence-electron chi connectivity index (χ4n) is 1.40. The molecule has 10 nitrogen and oxygen atoms in total. The molecule has 22 heavy (non-hydrogen) atoms. The van der Waals surface area contributed by atoms with Crippen molar-refractivity contribution in [2.45, 2.75) is 0 Å². The van der Waals surface area contributed by atoms with E-state index >= 15 is 0 Å². The van der Waals surface area contributed by atoms with Crippen molar-refractivity contribution in [2.75, 3.05) is 12.3 Å². The quantitative estimate of drug-likeness (QED) is 0.493. The van der Waals surface area contributed by atoms with Crippen molar-refractivity contribution in [3.63, 3.8) is 0 Å². The maximum absolute atomic E-state index is 11.6. The van der Waals surface area contributed by atoms with Gasteiger partial charge in [-0.2, -0.15) is 5.10 Å². The molecule has 1 aromatic carbocycles. The Balaban J connectivity index is 1.95. The number of benzene rings is 1. The van der Waals surface area contributed by atoms with Crippen LogP contribution in [0.1, 0.15) is 16.1 Å². The Morgan fingerprint density at radius 3 is 2.95 bits per heavy atom. The van der Waals surface area contributed by atoms with Crippen molar-refractivity contribution >= 4 is 23.9 Å². The number of nitrogens with two attached hydrogens (primary N) is 1. The van der Waals surface area contributed by atoms with Gasteiger partial charge in [0.15, 0.2) is 6.61 Å². The van der Waals surface area contributed by atoms with Gasteiger partial charge in [-0.3, -0.25) is 4.79 Å². The van der Waals surface area contributed by atoms with E-state index in [4.69, 9.17) is 15.6 Å². The summed E-state index contributed by atoms with van der Waals surface area (Å²) in [6.07, 6.45) is 1.34. The number of hydrogen-bond acceptors (Lipinski definition) is 8. The van der Waals surface area contributed by atoms with E-state index in [1.54, 1.807) is 24.3 Å². The highest BCUT2D eigenvalue weighted by atomic mass is 16.6. The lowest BCUT2D eigenvalue weighted by molar-refractivity contribution is -0.139. The van der Waals surface area contributed by atoms with Crippen LogP contribution in [-0.2, 0) is 4.79 Å². The van der Waals surface area contributed by atoms with Gasteiger partial charge in [0.2, 0.25) is 11.5 Å². The van der Waals surface area contributed by atoms with Crippen LogP contribution in [0.25, 0.3) is 0 Å². The number of amides is 1. The second-order valence-corrected chi connectivity index (χ2v) is 3.95. The zero-order chi connectivity index (χ0) is 15.9. The molecule has 1 heterocycles. The molecule has 0 spiro atoms. The molecule has 0 saturated carbocycles. The zero-order valence-corrected chi connectivity index (χ0v) is 11.1. The molecule has 0 aliphatic carbocycles. The lowest BCUT2D eigenvalue weighted by atomic mass is 10.2. The van der Waals surface area contributed by atoms with E-state index in [2.05, 4.69) is 25.5 Å². The summed E-state index contributed by atoms with van der Waals surface area (Å²) in [5.74, 6) is -1.53. The van der Waals surface area contributed by atoms with E-state index in [-0.39, 0.29) is 11.5 Å². The normalized spacial score (nSPS) is 10.5. The summed E-state index contributed by atoms with van der Waals surface area (Å²) in [5, 5.41) is 18.8. The molecule has 0 fully saturated rings. The number of carboxylic acid groups (broad SMARTS) is 1. The highest BCUT2D eigenvalue weighted by molar-refractivity contribution is 5.96. The number of hydrogen-bond donors (Lipinski definition) is 3. The van der Waals surface area contributed by atoms with Crippen LogP contribution in [0.4, 0.5) is 5.82 Å². The van der Waals surface area contributed by atoms with Gasteiger partial charge in [-0.1, -0.05) is 12.1 Å². The number of nitrogens with one attached hydrogen (secondary N) is 1. The number of rotatable bonds is 6. The third-order valence-electron chi connectivity index (χ3n) is 2.33. The number of nitrogens with zero attached hydrogens (tertiary/aromatic N) is 3. The fraction of sp³-hybridized carbons (Fsp3) is 0.0833. The Morgan fingerprint density at radius 2 is 2.27 bits per heavy atom. The van der Waals surface area contributed by atoms with Crippen LogP contribution < -0.4 is 15.9 Å². The smallest absolute Gasteiger partial charge is 0.341 e. The summed E-state index contributed by atoms with van der Waals surface area (Å²) < 4.78 is 9.31. The Bertz CT molecular complexity index is 711. The Labute approximate surface area is 123 Å². The van der Waals surface area contributed by atoms with Crippen molar-refractivity contribution in [3.8, 4) is 5.75 Å². The standard InChI is InChI=1S/C12H11N5O5/c13-11-10(16-22-17-11)12(20)15-14-5-7-2-1-3-8(4-7)21-6-9(18)19/h1-5H,6H2,(H2,13,17)(H,15,20)(H,18,19)/b14-5+. The van der Waals surface area contributed by atoms with Crippen LogP contribution in [0.5, 0.6) is 5.75 Å². The number of carboxylic acids is 1. The summed E-state index contributed by atoms with van der Waals surface area (Å²) >= 11 is 0. The molecule has 1 aromatic heterocycles. The molecule has 4 N–H and O–H groups in total. The number of aromatic nitrogens is 2. The first-order valence-corrected chi connectivity index (χ1v) is 5.92. The van der Waals surface area contributed by atoms with E-state index < -0.39 is 18.5 Å². The molecular formula is C12H11N5O5. The van der Waals surface area contributed by atoms with Crippen molar-refractivity contribution in [1.29, 1.82) is 0 Å². The predicted octanol–water partition coefficient (Wildman–Crippen LogP) is -0.121. The van der Waals surface area contributed by atoms with E-state index in [0.717, 1.165) is 0 Å². The monoisotopic (exact) mass is 305 g/mol. The van der Waals surface area contributed by atoms with Gasteiger partial charge in [-0.15, -0.1) is 0 Å². The number of hydrazone groups is 1. The molecule has 2 aromatic rings. The molecule has 2 rings (SSSR count). The maximum atomic E-state index is 11.6. The van der Waals surface area contributed by atoms with E-state index in [0.29, 0.717) is 11.3 Å². The average Bonchev–Trinajstić information content (AvgIpc) is 2.92. The largest absolute Gasteiger partial charge is 0.482 e. The molecular weight excluding hydrogens is 294 g/mol. The van der Waals surface area contributed by atoms with Crippen LogP contribution in [0.2, 0.25) is 0 Å². The molecule has 0 saturated heterocycles. The number of aliphatic carboxylic acids is 1. The Hall–Kier alpha value is -3.43. The minimum absolute atomic E-state index is 0.142. The van der Waals surface area contributed by atoms with Crippen LogP contribution in [0, 0.1) is 0 Å². The number of anilines is 1. The second kappa shape index (κ2) is 6.83. The summed E-state index contributed by atoms with van der Waals surface area (Å²) in [6, 6.07) is 6.50. The zero-order valence-electron chi connectivity index (χ0n) is 11.1. The molecule has 114 valence electrons. The van der Waals surface area contributed by atoms with Gasteiger partial charge < -0.3 is 15.6 Å². The van der Waals surface area contributed by atoms with Crippen molar-refractivity contribution in [3.05, 3.63) is 35.5 Å². The van der Waals surface area contributed by atoms with Gasteiger partial charge >= 0.3 is 5.97 Å². The third kappa shape index (κ3) is 4.03. The van der Waals surface area contributed by atoms with Gasteiger partial charge in [0.05, 0.1) is 6.21 Å². The Morgan fingerprint density at radius 1 is 1.45 bits per heavy atom. The Kier molecular flexibility index (Phi) is 4.65. The lowest BCUT2D eigenvalue weighted by Crippen LogP contribution is -2.19. The minimum Gasteiger partial charge on any atom is -0.482 e. The molecule has 0 bridgehead atoms. The molecule has 0 unspecified atom stereocenters. The van der Waals surface area contributed by atoms with Gasteiger partial charge in [0.25, 0.3) is 5.91 Å². The van der Waals surface area contributed by atoms with Crippen LogP contribution in [0.15, 0.2) is 34.0 Å². The SMILES string of the molecule is Nc1nonc1C(=O)N/N=C/c1cccc(OCC(=O)O)c1. The van der Waals surface area contributed by atoms with Gasteiger partial charge in [-0.25, -0.2) is 14.8 Å². The number of ether oxygens (including phenoxy) is 1. The van der Waals surface area contributed by atoms with Gasteiger partial charge in [0, 0.05) is 0 Å². The maximum Gasteiger partial charge on any atom is 0.341 e. The minimum atomic E-state index is -1.08. The topological polar surface area (TPSA) is 153 Å². The molecule has 0 aliphatic rings. The average molecular weight is 305 g/mol. The highest BCUT2D eigenvalue weighted by Crippen LogP contribution is 2.11. The second-order valence-electron chi connectivity index (χ2n) is 3.95. The van der Waals surface area contributed by atoms with Crippen molar-refractivity contribution in [1.82, 2.24) is 15.7 Å². The van der Waals surface area contributed by atoms with Crippen LogP contribution in [0.3, 0.4) is 0 Å². The summed E-state index contributed by atoms with van der Waals surface area (Å²) in [6.45, 7) is -0.449. The first-order valence-electron chi connectivity index (χ1n) is 5.92. The molecule has 10 heteroatoms. The van der Waals surface area contributed by atoms with Crippen molar-refractivity contribution < 1.29 is 24.1 Å². The summed E-state index contributed by atoms with van der Waals surface area (Å²) in [7, 11) is 0. The van der Waals surface area contributed by atoms with Gasteiger partial charge in [-0.05, 0) is 28.0 Å². The van der Waals surface area contributed by atoms with E-state index in [9.17, 15) is 9.59 Å². The first kappa shape index (κ1) is 15.0. The predicted molar refractivity (Wildman–Crippen MR) is 73.3 cm³/mol. The molecule has 0 radical (unpaired) electrons. The van der Waals surface area contributed by atoms with E-state index in [1.165, 1.54) is 6.21 Å². The number of carbonyl (C=O) groups is 2.